The third kappa shape index (κ3) is 3.81. The van der Waals surface area contributed by atoms with Gasteiger partial charge in [-0.3, -0.25) is 4.79 Å². The number of benzene rings is 2. The Balaban J connectivity index is 1.65. The van der Waals surface area contributed by atoms with Crippen LogP contribution in [0.2, 0.25) is 0 Å². The van der Waals surface area contributed by atoms with Crippen molar-refractivity contribution in [1.82, 2.24) is 4.90 Å². The van der Waals surface area contributed by atoms with Crippen LogP contribution in [0.4, 0.5) is 4.39 Å². The number of β-amino-alcohol motifs (C(OH)–C–C–N with tert-alkyl or cyclic N) is 1. The van der Waals surface area contributed by atoms with E-state index in [0.29, 0.717) is 5.56 Å². The Morgan fingerprint density at radius 3 is 2.81 bits per heavy atom. The van der Waals surface area contributed by atoms with Gasteiger partial charge in [0.05, 0.1) is 18.2 Å². The maximum atomic E-state index is 13.8. The molecule has 3 rings (SSSR count). The minimum atomic E-state index is -1.96. The number of hydrogen-bond donors (Lipinski definition) is 1. The molecule has 1 N–H and O–H groups in total. The summed E-state index contributed by atoms with van der Waals surface area (Å²) in [6.07, 6.45) is 0. The Bertz CT molecular complexity index is 949. The van der Waals surface area contributed by atoms with Crippen molar-refractivity contribution in [3.05, 3.63) is 70.5 Å². The predicted octanol–water partition coefficient (Wildman–Crippen LogP) is 2.15. The largest absolute Gasteiger partial charge is 0.459 e. The fourth-order valence-electron chi connectivity index (χ4n) is 2.93. The van der Waals surface area contributed by atoms with Crippen molar-refractivity contribution < 1.29 is 23.8 Å². The first-order chi connectivity index (χ1) is 12.8. The fourth-order valence-corrected chi connectivity index (χ4v) is 2.93. The molecule has 0 aliphatic carbocycles. The number of carbonyl (C=O) groups is 2. The van der Waals surface area contributed by atoms with Gasteiger partial charge in [-0.1, -0.05) is 18.2 Å². The highest BCUT2D eigenvalue weighted by atomic mass is 19.1. The van der Waals surface area contributed by atoms with Crippen LogP contribution in [-0.2, 0) is 22.7 Å². The highest BCUT2D eigenvalue weighted by molar-refractivity contribution is 5.98. The minimum absolute atomic E-state index is 0.0304. The van der Waals surface area contributed by atoms with Crippen molar-refractivity contribution in [3.63, 3.8) is 0 Å². The Morgan fingerprint density at radius 1 is 1.37 bits per heavy atom. The smallest absolute Gasteiger partial charge is 0.340 e. The number of fused-ring (bicyclic) bond motifs is 1. The van der Waals surface area contributed by atoms with E-state index in [4.69, 9.17) is 10.00 Å². The van der Waals surface area contributed by atoms with Gasteiger partial charge in [-0.25, -0.2) is 9.18 Å². The zero-order chi connectivity index (χ0) is 19.6. The van der Waals surface area contributed by atoms with Crippen LogP contribution in [0.1, 0.15) is 34.0 Å². The molecule has 1 heterocycles. The maximum Gasteiger partial charge on any atom is 0.340 e. The molecule has 0 spiro atoms. The summed E-state index contributed by atoms with van der Waals surface area (Å²) in [6.45, 7) is 0.857. The second-order valence-electron chi connectivity index (χ2n) is 6.59. The third-order valence-electron chi connectivity index (χ3n) is 4.37. The molecule has 27 heavy (non-hydrogen) atoms. The summed E-state index contributed by atoms with van der Waals surface area (Å²) in [5.41, 5.74) is -0.335. The van der Waals surface area contributed by atoms with Crippen molar-refractivity contribution >= 4 is 11.9 Å². The molecule has 0 bridgehead atoms. The quantitative estimate of drug-likeness (QED) is 0.817. The molecule has 1 aliphatic rings. The molecular weight excluding hydrogens is 351 g/mol. The van der Waals surface area contributed by atoms with Gasteiger partial charge in [0.25, 0.3) is 5.91 Å². The van der Waals surface area contributed by atoms with Crippen LogP contribution in [0.25, 0.3) is 0 Å². The Kier molecular flexibility index (Phi) is 4.93. The first-order valence-corrected chi connectivity index (χ1v) is 8.27. The lowest BCUT2D eigenvalue weighted by Crippen LogP contribution is -2.47. The lowest BCUT2D eigenvalue weighted by atomic mass is 10.1. The molecule has 7 heteroatoms. The lowest BCUT2D eigenvalue weighted by molar-refractivity contribution is -0.166. The van der Waals surface area contributed by atoms with E-state index < -0.39 is 24.0 Å². The number of rotatable bonds is 5. The molecule has 6 nitrogen and oxygen atoms in total. The van der Waals surface area contributed by atoms with Gasteiger partial charge in [0.1, 0.15) is 12.4 Å². The molecule has 0 saturated heterocycles. The molecular formula is C20H17FN2O4. The number of halogens is 1. The zero-order valence-corrected chi connectivity index (χ0v) is 14.6. The van der Waals surface area contributed by atoms with E-state index >= 15 is 0 Å². The Morgan fingerprint density at radius 2 is 2.11 bits per heavy atom. The van der Waals surface area contributed by atoms with Gasteiger partial charge in [0, 0.05) is 17.7 Å². The van der Waals surface area contributed by atoms with Crippen LogP contribution in [0.5, 0.6) is 0 Å². The maximum absolute atomic E-state index is 13.8. The number of nitrogens with zero attached hydrogens (tertiary/aromatic N) is 2. The van der Waals surface area contributed by atoms with Crippen LogP contribution in [0.15, 0.2) is 42.5 Å². The van der Waals surface area contributed by atoms with Gasteiger partial charge in [-0.15, -0.1) is 0 Å². The highest BCUT2D eigenvalue weighted by Crippen LogP contribution is 2.24. The standard InChI is InChI=1S/C20H17FN2O4/c1-20(26,12-23-10-14-4-2-3-5-16(14)18(23)24)19(25)27-11-15-8-13(9-22)6-7-17(15)21/h2-8,26H,10-12H2,1H3/t20-/m0/s1. The monoisotopic (exact) mass is 368 g/mol. The first kappa shape index (κ1) is 18.5. The topological polar surface area (TPSA) is 90.6 Å². The molecule has 0 saturated carbocycles. The van der Waals surface area contributed by atoms with Crippen molar-refractivity contribution in [2.24, 2.45) is 0 Å². The molecule has 2 aromatic rings. The summed E-state index contributed by atoms with van der Waals surface area (Å²) in [4.78, 5) is 26.0. The molecule has 1 atom stereocenters. The van der Waals surface area contributed by atoms with E-state index in [2.05, 4.69) is 0 Å². The van der Waals surface area contributed by atoms with Crippen molar-refractivity contribution in [2.45, 2.75) is 25.7 Å². The molecule has 1 aliphatic heterocycles. The van der Waals surface area contributed by atoms with Gasteiger partial charge in [0.2, 0.25) is 0 Å². The Labute approximate surface area is 155 Å². The normalized spacial score (nSPS) is 15.0. The van der Waals surface area contributed by atoms with E-state index in [-0.39, 0.29) is 30.1 Å². The number of esters is 1. The average Bonchev–Trinajstić information content (AvgIpc) is 2.96. The Hall–Kier alpha value is -3.24. The number of nitriles is 1. The van der Waals surface area contributed by atoms with Crippen LogP contribution >= 0.6 is 0 Å². The second kappa shape index (κ2) is 7.17. The van der Waals surface area contributed by atoms with Gasteiger partial charge in [0.15, 0.2) is 5.60 Å². The van der Waals surface area contributed by atoms with Crippen molar-refractivity contribution in [1.29, 1.82) is 5.26 Å². The number of aliphatic hydroxyl groups is 1. The number of carbonyl (C=O) groups excluding carboxylic acids is 2. The average molecular weight is 368 g/mol. The summed E-state index contributed by atoms with van der Waals surface area (Å²) < 4.78 is 18.8. The number of ether oxygens (including phenoxy) is 1. The summed E-state index contributed by atoms with van der Waals surface area (Å²) in [5, 5.41) is 19.3. The molecule has 0 radical (unpaired) electrons. The van der Waals surface area contributed by atoms with Gasteiger partial charge in [-0.2, -0.15) is 5.26 Å². The minimum Gasteiger partial charge on any atom is -0.459 e. The number of amides is 1. The number of hydrogen-bond acceptors (Lipinski definition) is 5. The summed E-state index contributed by atoms with van der Waals surface area (Å²) in [7, 11) is 0. The van der Waals surface area contributed by atoms with Crippen molar-refractivity contribution in [3.8, 4) is 6.07 Å². The highest BCUT2D eigenvalue weighted by Gasteiger charge is 2.38. The molecule has 0 fully saturated rings. The summed E-state index contributed by atoms with van der Waals surface area (Å²) >= 11 is 0. The van der Waals surface area contributed by atoms with E-state index in [0.717, 1.165) is 11.6 Å². The van der Waals surface area contributed by atoms with Crippen molar-refractivity contribution in [2.75, 3.05) is 6.54 Å². The van der Waals surface area contributed by atoms with E-state index in [1.807, 2.05) is 18.2 Å². The summed E-state index contributed by atoms with van der Waals surface area (Å²) in [6, 6.07) is 12.6. The molecule has 1 amide bonds. The second-order valence-corrected chi connectivity index (χ2v) is 6.59. The van der Waals surface area contributed by atoms with Gasteiger partial charge < -0.3 is 14.7 Å². The van der Waals surface area contributed by atoms with Gasteiger partial charge in [-0.05, 0) is 36.8 Å². The van der Waals surface area contributed by atoms with Crippen LogP contribution in [0, 0.1) is 17.1 Å². The fraction of sp³-hybridized carbons (Fsp3) is 0.250. The summed E-state index contributed by atoms with van der Waals surface area (Å²) in [5.74, 6) is -1.87. The van der Waals surface area contributed by atoms with Crippen LogP contribution in [0.3, 0.4) is 0 Å². The predicted molar refractivity (Wildman–Crippen MR) is 92.7 cm³/mol. The molecule has 2 aromatic carbocycles. The molecule has 138 valence electrons. The first-order valence-electron chi connectivity index (χ1n) is 8.27. The van der Waals surface area contributed by atoms with Gasteiger partial charge >= 0.3 is 5.97 Å². The van der Waals surface area contributed by atoms with E-state index in [1.54, 1.807) is 12.1 Å². The van der Waals surface area contributed by atoms with Crippen LogP contribution in [-0.4, -0.2) is 34.0 Å². The van der Waals surface area contributed by atoms with E-state index in [1.165, 1.54) is 24.0 Å². The lowest BCUT2D eigenvalue weighted by Gasteiger charge is -2.27. The SMILES string of the molecule is C[C@](O)(CN1Cc2ccccc2C1=O)C(=O)OCc1cc(C#N)ccc1F. The molecule has 0 aromatic heterocycles. The van der Waals surface area contributed by atoms with Crippen LogP contribution < -0.4 is 0 Å². The molecule has 0 unspecified atom stereocenters. The van der Waals surface area contributed by atoms with E-state index in [9.17, 15) is 19.1 Å². The third-order valence-corrected chi connectivity index (χ3v) is 4.37. The zero-order valence-electron chi connectivity index (χ0n) is 14.6.